The lowest BCUT2D eigenvalue weighted by Gasteiger charge is -2.09. The van der Waals surface area contributed by atoms with Crippen LogP contribution in [-0.4, -0.2) is 14.5 Å². The van der Waals surface area contributed by atoms with E-state index in [4.69, 9.17) is 5.73 Å². The number of imidazole rings is 1. The minimum absolute atomic E-state index is 0.0135. The highest BCUT2D eigenvalue weighted by Gasteiger charge is 2.12. The van der Waals surface area contributed by atoms with Crippen LogP contribution in [-0.2, 0) is 0 Å². The van der Waals surface area contributed by atoms with Gasteiger partial charge in [-0.1, -0.05) is 0 Å². The Balaban J connectivity index is 2.39. The molecule has 4 nitrogen and oxygen atoms in total. The van der Waals surface area contributed by atoms with Crippen molar-refractivity contribution in [1.29, 1.82) is 0 Å². The van der Waals surface area contributed by atoms with Crippen LogP contribution >= 0.6 is 11.3 Å². The summed E-state index contributed by atoms with van der Waals surface area (Å²) < 4.78 is 2.11. The van der Waals surface area contributed by atoms with Gasteiger partial charge in [0.05, 0.1) is 23.9 Å². The Kier molecular flexibility index (Phi) is 3.07. The number of hydrogen-bond donors (Lipinski definition) is 1. The van der Waals surface area contributed by atoms with Gasteiger partial charge in [0.25, 0.3) is 0 Å². The second kappa shape index (κ2) is 4.35. The van der Waals surface area contributed by atoms with Gasteiger partial charge in [-0.25, -0.2) is 9.97 Å². The zero-order chi connectivity index (χ0) is 11.7. The first-order chi connectivity index (χ1) is 7.59. The van der Waals surface area contributed by atoms with E-state index in [2.05, 4.69) is 28.4 Å². The third-order valence-corrected chi connectivity index (χ3v) is 3.31. The SMILES string of the molecule is CC(N)c1csc(-c2cncn2C(C)C)n1. The highest BCUT2D eigenvalue weighted by atomic mass is 32.1. The van der Waals surface area contributed by atoms with E-state index in [9.17, 15) is 0 Å². The lowest BCUT2D eigenvalue weighted by atomic mass is 10.3. The summed E-state index contributed by atoms with van der Waals surface area (Å²) in [5.41, 5.74) is 7.80. The summed E-state index contributed by atoms with van der Waals surface area (Å²) in [6.45, 7) is 6.20. The minimum Gasteiger partial charge on any atom is -0.326 e. The molecule has 5 heteroatoms. The van der Waals surface area contributed by atoms with E-state index in [1.54, 1.807) is 11.3 Å². The molecule has 0 spiro atoms. The lowest BCUT2D eigenvalue weighted by Crippen LogP contribution is -2.05. The molecule has 0 aliphatic heterocycles. The van der Waals surface area contributed by atoms with Crippen molar-refractivity contribution in [1.82, 2.24) is 14.5 Å². The van der Waals surface area contributed by atoms with Gasteiger partial charge in [-0.15, -0.1) is 11.3 Å². The summed E-state index contributed by atoms with van der Waals surface area (Å²) >= 11 is 1.62. The van der Waals surface area contributed by atoms with Crippen LogP contribution in [0.3, 0.4) is 0 Å². The molecule has 2 aromatic rings. The van der Waals surface area contributed by atoms with E-state index >= 15 is 0 Å². The highest BCUT2D eigenvalue weighted by Crippen LogP contribution is 2.27. The summed E-state index contributed by atoms with van der Waals surface area (Å²) in [6, 6.07) is 0.376. The molecular weight excluding hydrogens is 220 g/mol. The predicted molar refractivity (Wildman–Crippen MR) is 66.3 cm³/mol. The van der Waals surface area contributed by atoms with Crippen molar-refractivity contribution in [3.05, 3.63) is 23.6 Å². The van der Waals surface area contributed by atoms with Crippen LogP contribution in [0, 0.1) is 0 Å². The fraction of sp³-hybridized carbons (Fsp3) is 0.455. The Labute approximate surface area is 99.2 Å². The summed E-state index contributed by atoms with van der Waals surface area (Å²) in [4.78, 5) is 8.70. The minimum atomic E-state index is -0.0135. The molecule has 0 radical (unpaired) electrons. The first kappa shape index (κ1) is 11.3. The summed E-state index contributed by atoms with van der Waals surface area (Å²) in [5.74, 6) is 0. The van der Waals surface area contributed by atoms with Gasteiger partial charge in [0.2, 0.25) is 0 Å². The molecule has 0 fully saturated rings. The van der Waals surface area contributed by atoms with Crippen molar-refractivity contribution >= 4 is 11.3 Å². The van der Waals surface area contributed by atoms with Gasteiger partial charge in [0.15, 0.2) is 0 Å². The summed E-state index contributed by atoms with van der Waals surface area (Å²) in [5, 5.41) is 3.00. The van der Waals surface area contributed by atoms with Gasteiger partial charge in [0.1, 0.15) is 5.01 Å². The second-order valence-corrected chi connectivity index (χ2v) is 5.00. The fourth-order valence-electron chi connectivity index (χ4n) is 1.49. The molecule has 0 saturated heterocycles. The summed E-state index contributed by atoms with van der Waals surface area (Å²) in [6.07, 6.45) is 3.69. The van der Waals surface area contributed by atoms with Crippen LogP contribution in [0.1, 0.15) is 38.5 Å². The molecule has 2 heterocycles. The number of rotatable bonds is 3. The average Bonchev–Trinajstić information content (AvgIpc) is 2.86. The number of thiazole rings is 1. The van der Waals surface area contributed by atoms with E-state index in [-0.39, 0.29) is 6.04 Å². The maximum Gasteiger partial charge on any atom is 0.141 e. The molecule has 2 rings (SSSR count). The van der Waals surface area contributed by atoms with Crippen molar-refractivity contribution in [2.45, 2.75) is 32.9 Å². The largest absolute Gasteiger partial charge is 0.326 e. The number of nitrogens with two attached hydrogens (primary N) is 1. The monoisotopic (exact) mass is 236 g/mol. The number of hydrogen-bond acceptors (Lipinski definition) is 4. The molecule has 0 aromatic carbocycles. The molecule has 0 bridgehead atoms. The smallest absolute Gasteiger partial charge is 0.141 e. The summed E-state index contributed by atoms with van der Waals surface area (Å²) in [7, 11) is 0. The Bertz CT molecular complexity index is 470. The van der Waals surface area contributed by atoms with Crippen LogP contribution in [0.2, 0.25) is 0 Å². The van der Waals surface area contributed by atoms with Gasteiger partial charge < -0.3 is 10.3 Å². The Morgan fingerprint density at radius 2 is 2.12 bits per heavy atom. The van der Waals surface area contributed by atoms with Crippen molar-refractivity contribution in [2.24, 2.45) is 5.73 Å². The fourth-order valence-corrected chi connectivity index (χ4v) is 2.43. The molecule has 0 amide bonds. The maximum atomic E-state index is 5.80. The van der Waals surface area contributed by atoms with Crippen molar-refractivity contribution < 1.29 is 0 Å². The van der Waals surface area contributed by atoms with Crippen LogP contribution in [0.5, 0.6) is 0 Å². The topological polar surface area (TPSA) is 56.7 Å². The normalized spacial score (nSPS) is 13.3. The van der Waals surface area contributed by atoms with Crippen molar-refractivity contribution in [3.8, 4) is 10.7 Å². The standard InChI is InChI=1S/C11H16N4S/c1-7(2)15-6-13-4-10(15)11-14-9(5-16-11)8(3)12/h4-8H,12H2,1-3H3. The van der Waals surface area contributed by atoms with Crippen LogP contribution < -0.4 is 5.73 Å². The van der Waals surface area contributed by atoms with Gasteiger partial charge >= 0.3 is 0 Å². The molecule has 0 aliphatic rings. The molecule has 86 valence electrons. The third kappa shape index (κ3) is 2.01. The van der Waals surface area contributed by atoms with E-state index in [1.807, 2.05) is 24.8 Å². The van der Waals surface area contributed by atoms with Crippen molar-refractivity contribution in [2.75, 3.05) is 0 Å². The first-order valence-electron chi connectivity index (χ1n) is 5.32. The highest BCUT2D eigenvalue weighted by molar-refractivity contribution is 7.13. The molecule has 16 heavy (non-hydrogen) atoms. The van der Waals surface area contributed by atoms with Crippen LogP contribution in [0.15, 0.2) is 17.9 Å². The zero-order valence-corrected chi connectivity index (χ0v) is 10.5. The third-order valence-electron chi connectivity index (χ3n) is 2.43. The van der Waals surface area contributed by atoms with E-state index in [0.29, 0.717) is 6.04 Å². The first-order valence-corrected chi connectivity index (χ1v) is 6.20. The second-order valence-electron chi connectivity index (χ2n) is 4.15. The quantitative estimate of drug-likeness (QED) is 0.891. The van der Waals surface area contributed by atoms with Gasteiger partial charge in [-0.3, -0.25) is 0 Å². The van der Waals surface area contributed by atoms with E-state index in [0.717, 1.165) is 16.4 Å². The Morgan fingerprint density at radius 1 is 1.38 bits per heavy atom. The molecule has 2 N–H and O–H groups in total. The molecule has 1 unspecified atom stereocenters. The molecule has 0 aliphatic carbocycles. The maximum absolute atomic E-state index is 5.80. The van der Waals surface area contributed by atoms with Crippen molar-refractivity contribution in [3.63, 3.8) is 0 Å². The zero-order valence-electron chi connectivity index (χ0n) is 9.71. The van der Waals surface area contributed by atoms with Crippen LogP contribution in [0.4, 0.5) is 0 Å². The number of nitrogens with zero attached hydrogens (tertiary/aromatic N) is 3. The Hall–Kier alpha value is -1.20. The molecule has 1 atom stereocenters. The Morgan fingerprint density at radius 3 is 2.69 bits per heavy atom. The number of aromatic nitrogens is 3. The van der Waals surface area contributed by atoms with Crippen LogP contribution in [0.25, 0.3) is 10.7 Å². The average molecular weight is 236 g/mol. The molecular formula is C11H16N4S. The van der Waals surface area contributed by atoms with E-state index < -0.39 is 0 Å². The molecule has 0 saturated carbocycles. The van der Waals surface area contributed by atoms with E-state index in [1.165, 1.54) is 0 Å². The van der Waals surface area contributed by atoms with Gasteiger partial charge in [-0.2, -0.15) is 0 Å². The van der Waals surface area contributed by atoms with Gasteiger partial charge in [0, 0.05) is 17.5 Å². The van der Waals surface area contributed by atoms with Gasteiger partial charge in [-0.05, 0) is 20.8 Å². The molecule has 2 aromatic heterocycles. The predicted octanol–water partition coefficient (Wildman–Crippen LogP) is 2.61. The lowest BCUT2D eigenvalue weighted by molar-refractivity contribution is 0.605.